The number of hydrogen-bond acceptors (Lipinski definition) is 4. The van der Waals surface area contributed by atoms with Crippen molar-refractivity contribution < 1.29 is 4.74 Å². The Morgan fingerprint density at radius 3 is 2.41 bits per heavy atom. The predicted molar refractivity (Wildman–Crippen MR) is 115 cm³/mol. The van der Waals surface area contributed by atoms with Gasteiger partial charge in [-0.3, -0.25) is 0 Å². The molecule has 0 aliphatic carbocycles. The Hall–Kier alpha value is -3.35. The van der Waals surface area contributed by atoms with Gasteiger partial charge in [-0.15, -0.1) is 10.2 Å². The van der Waals surface area contributed by atoms with Gasteiger partial charge in [-0.2, -0.15) is 0 Å². The van der Waals surface area contributed by atoms with Gasteiger partial charge in [0.25, 0.3) is 0 Å². The molecule has 0 saturated heterocycles. The first-order chi connectivity index (χ1) is 14.1. The average Bonchev–Trinajstić information content (AvgIpc) is 3.07. The molecule has 0 aliphatic heterocycles. The molecule has 0 amide bonds. The molecule has 152 valence electrons. The molecule has 0 spiro atoms. The molecule has 7 nitrogen and oxygen atoms in total. The summed E-state index contributed by atoms with van der Waals surface area (Å²) in [6.45, 7) is 4.36. The first-order valence-electron chi connectivity index (χ1n) is 9.69. The van der Waals surface area contributed by atoms with Crippen molar-refractivity contribution in [3.8, 4) is 5.75 Å². The zero-order valence-electron chi connectivity index (χ0n) is 17.2. The Bertz CT molecular complexity index is 908. The monoisotopic (exact) mass is 392 g/mol. The fourth-order valence-electron chi connectivity index (χ4n) is 2.75. The number of ether oxygens (including phenoxy) is 1. The molecule has 0 radical (unpaired) electrons. The van der Waals surface area contributed by atoms with Gasteiger partial charge < -0.3 is 19.5 Å². The summed E-state index contributed by atoms with van der Waals surface area (Å²) in [7, 11) is 3.97. The van der Waals surface area contributed by atoms with E-state index in [4.69, 9.17) is 9.73 Å². The third-order valence-electron chi connectivity index (χ3n) is 4.64. The van der Waals surface area contributed by atoms with Gasteiger partial charge >= 0.3 is 0 Å². The van der Waals surface area contributed by atoms with Crippen LogP contribution in [0.2, 0.25) is 0 Å². The minimum Gasteiger partial charge on any atom is -0.492 e. The van der Waals surface area contributed by atoms with Crippen molar-refractivity contribution >= 4 is 5.96 Å². The van der Waals surface area contributed by atoms with E-state index in [1.54, 1.807) is 0 Å². The molecule has 3 aromatic rings. The molecule has 0 saturated carbocycles. The second-order valence-corrected chi connectivity index (χ2v) is 6.78. The number of aryl methyl sites for hydroxylation is 1. The van der Waals surface area contributed by atoms with Gasteiger partial charge in [0.05, 0.1) is 19.6 Å². The first kappa shape index (κ1) is 20.4. The second kappa shape index (κ2) is 10.3. The largest absolute Gasteiger partial charge is 0.492 e. The van der Waals surface area contributed by atoms with Crippen LogP contribution in [0.5, 0.6) is 5.75 Å². The lowest BCUT2D eigenvalue weighted by molar-refractivity contribution is 0.281. The van der Waals surface area contributed by atoms with E-state index in [0.29, 0.717) is 26.2 Å². The van der Waals surface area contributed by atoms with Crippen LogP contribution >= 0.6 is 0 Å². The van der Waals surface area contributed by atoms with Gasteiger partial charge in [0.2, 0.25) is 0 Å². The number of benzene rings is 2. The zero-order chi connectivity index (χ0) is 20.5. The minimum atomic E-state index is 0.550. The minimum absolute atomic E-state index is 0.550. The van der Waals surface area contributed by atoms with Crippen molar-refractivity contribution in [1.29, 1.82) is 0 Å². The van der Waals surface area contributed by atoms with E-state index in [2.05, 4.69) is 32.5 Å². The standard InChI is InChI=1S/C22H28N6O/c1-18-25-26-21(28(18)3)17-24-22(23-16-19-10-6-4-7-11-19)27(2)14-15-29-20-12-8-5-9-13-20/h4-13H,14-17H2,1-3H3,(H,23,24). The molecule has 1 heterocycles. The molecule has 0 atom stereocenters. The quantitative estimate of drug-likeness (QED) is 0.472. The first-order valence-corrected chi connectivity index (χ1v) is 9.69. The van der Waals surface area contributed by atoms with Crippen LogP contribution in [0.3, 0.4) is 0 Å². The Morgan fingerprint density at radius 2 is 1.76 bits per heavy atom. The third kappa shape index (κ3) is 6.07. The molecule has 1 N–H and O–H groups in total. The molecular weight excluding hydrogens is 364 g/mol. The number of guanidine groups is 1. The molecule has 0 bridgehead atoms. The van der Waals surface area contributed by atoms with Gasteiger partial charge in [-0.05, 0) is 24.6 Å². The average molecular weight is 393 g/mol. The number of hydrogen-bond donors (Lipinski definition) is 1. The fourth-order valence-corrected chi connectivity index (χ4v) is 2.75. The maximum absolute atomic E-state index is 5.82. The topological polar surface area (TPSA) is 67.6 Å². The molecule has 0 fully saturated rings. The predicted octanol–water partition coefficient (Wildman–Crippen LogP) is 2.78. The van der Waals surface area contributed by atoms with E-state index in [9.17, 15) is 0 Å². The van der Waals surface area contributed by atoms with Crippen molar-refractivity contribution in [1.82, 2.24) is 25.0 Å². The Kier molecular flexibility index (Phi) is 7.22. The number of nitrogens with zero attached hydrogens (tertiary/aromatic N) is 5. The molecule has 2 aromatic carbocycles. The highest BCUT2D eigenvalue weighted by Crippen LogP contribution is 2.08. The number of nitrogens with one attached hydrogen (secondary N) is 1. The van der Waals surface area contributed by atoms with Crippen LogP contribution < -0.4 is 10.1 Å². The highest BCUT2D eigenvalue weighted by Gasteiger charge is 2.10. The highest BCUT2D eigenvalue weighted by atomic mass is 16.5. The summed E-state index contributed by atoms with van der Waals surface area (Å²) in [5.74, 6) is 3.41. The summed E-state index contributed by atoms with van der Waals surface area (Å²) in [6.07, 6.45) is 0. The lowest BCUT2D eigenvalue weighted by Gasteiger charge is -2.22. The van der Waals surface area contributed by atoms with Crippen LogP contribution in [0.1, 0.15) is 17.2 Å². The lowest BCUT2D eigenvalue weighted by Crippen LogP contribution is -2.41. The van der Waals surface area contributed by atoms with Gasteiger partial charge in [0, 0.05) is 14.1 Å². The van der Waals surface area contributed by atoms with E-state index in [1.807, 2.05) is 74.1 Å². The maximum atomic E-state index is 5.82. The third-order valence-corrected chi connectivity index (χ3v) is 4.64. The van der Waals surface area contributed by atoms with E-state index >= 15 is 0 Å². The summed E-state index contributed by atoms with van der Waals surface area (Å²) in [5, 5.41) is 11.7. The van der Waals surface area contributed by atoms with Crippen molar-refractivity contribution in [2.45, 2.75) is 20.0 Å². The Labute approximate surface area is 172 Å². The normalized spacial score (nSPS) is 11.3. The highest BCUT2D eigenvalue weighted by molar-refractivity contribution is 5.79. The van der Waals surface area contributed by atoms with Gasteiger partial charge in [-0.1, -0.05) is 48.5 Å². The van der Waals surface area contributed by atoms with E-state index in [0.717, 1.165) is 28.9 Å². The molecule has 1 aromatic heterocycles. The van der Waals surface area contributed by atoms with Crippen LogP contribution in [-0.4, -0.2) is 45.8 Å². The molecule has 0 unspecified atom stereocenters. The summed E-state index contributed by atoms with van der Waals surface area (Å²) in [6, 6.07) is 20.0. The van der Waals surface area contributed by atoms with E-state index in [-0.39, 0.29) is 0 Å². The summed E-state index contributed by atoms with van der Waals surface area (Å²) in [5.41, 5.74) is 1.16. The van der Waals surface area contributed by atoms with Crippen LogP contribution in [0, 0.1) is 6.92 Å². The second-order valence-electron chi connectivity index (χ2n) is 6.78. The molecule has 7 heteroatoms. The molecular formula is C22H28N6O. The molecule has 29 heavy (non-hydrogen) atoms. The smallest absolute Gasteiger partial charge is 0.194 e. The maximum Gasteiger partial charge on any atom is 0.194 e. The number of para-hydroxylation sites is 1. The number of aromatic nitrogens is 3. The van der Waals surface area contributed by atoms with E-state index in [1.165, 1.54) is 0 Å². The van der Waals surface area contributed by atoms with Crippen molar-refractivity contribution in [3.63, 3.8) is 0 Å². The lowest BCUT2D eigenvalue weighted by atomic mass is 10.2. The van der Waals surface area contributed by atoms with Crippen molar-refractivity contribution in [2.24, 2.45) is 12.0 Å². The summed E-state index contributed by atoms with van der Waals surface area (Å²) >= 11 is 0. The van der Waals surface area contributed by atoms with Crippen molar-refractivity contribution in [3.05, 3.63) is 77.9 Å². The number of likely N-dealkylation sites (N-methyl/N-ethyl adjacent to an activating group) is 1. The van der Waals surface area contributed by atoms with Crippen LogP contribution in [0.25, 0.3) is 0 Å². The fraction of sp³-hybridized carbons (Fsp3) is 0.318. The van der Waals surface area contributed by atoms with Gasteiger partial charge in [-0.25, -0.2) is 4.99 Å². The summed E-state index contributed by atoms with van der Waals surface area (Å²) in [4.78, 5) is 6.85. The van der Waals surface area contributed by atoms with Crippen LogP contribution in [-0.2, 0) is 20.1 Å². The van der Waals surface area contributed by atoms with Crippen LogP contribution in [0.4, 0.5) is 0 Å². The Morgan fingerprint density at radius 1 is 1.07 bits per heavy atom. The summed E-state index contributed by atoms with van der Waals surface area (Å²) < 4.78 is 7.80. The van der Waals surface area contributed by atoms with Crippen LogP contribution in [0.15, 0.2) is 65.7 Å². The van der Waals surface area contributed by atoms with Crippen molar-refractivity contribution in [2.75, 3.05) is 20.2 Å². The molecule has 0 aliphatic rings. The Balaban J connectivity index is 1.62. The number of aliphatic imine (C=N–C) groups is 1. The zero-order valence-corrected chi connectivity index (χ0v) is 17.2. The molecule has 3 rings (SSSR count). The van der Waals surface area contributed by atoms with Gasteiger partial charge in [0.15, 0.2) is 11.8 Å². The van der Waals surface area contributed by atoms with Gasteiger partial charge in [0.1, 0.15) is 18.2 Å². The number of rotatable bonds is 8. The van der Waals surface area contributed by atoms with E-state index < -0.39 is 0 Å². The SMILES string of the molecule is Cc1nnc(CNC(=NCc2ccccc2)N(C)CCOc2ccccc2)n1C.